The summed E-state index contributed by atoms with van der Waals surface area (Å²) in [5, 5.41) is 5.66. The third-order valence-corrected chi connectivity index (χ3v) is 8.84. The Bertz CT molecular complexity index is 1570. The Hall–Kier alpha value is -3.54. The molecule has 9 nitrogen and oxygen atoms in total. The minimum absolute atomic E-state index is 0.194. The van der Waals surface area contributed by atoms with Crippen LogP contribution >= 0.6 is 11.3 Å². The van der Waals surface area contributed by atoms with Gasteiger partial charge >= 0.3 is 5.63 Å². The molecule has 1 saturated heterocycles. The third-order valence-electron chi connectivity index (χ3n) is 6.17. The van der Waals surface area contributed by atoms with Gasteiger partial charge in [-0.2, -0.15) is 4.31 Å². The van der Waals surface area contributed by atoms with Crippen molar-refractivity contribution >= 4 is 43.4 Å². The molecule has 4 aromatic rings. The SMILES string of the molecule is COc1ccc(S(=O)(=O)N2CCC(C(=O)Nc3nc(-c4cc5ccccc5oc4=O)cs3)CC2)cc1. The number of anilines is 1. The van der Waals surface area contributed by atoms with Gasteiger partial charge in [0.05, 0.1) is 23.3 Å². The average Bonchev–Trinajstić information content (AvgIpc) is 3.36. The van der Waals surface area contributed by atoms with Crippen molar-refractivity contribution in [3.05, 3.63) is 70.4 Å². The number of benzene rings is 2. The van der Waals surface area contributed by atoms with Gasteiger partial charge in [-0.3, -0.25) is 4.79 Å². The normalized spacial score (nSPS) is 15.1. The topological polar surface area (TPSA) is 119 Å². The number of rotatable bonds is 6. The van der Waals surface area contributed by atoms with Crippen molar-refractivity contribution in [3.63, 3.8) is 0 Å². The number of amides is 1. The number of aromatic nitrogens is 1. The van der Waals surface area contributed by atoms with E-state index in [9.17, 15) is 18.0 Å². The summed E-state index contributed by atoms with van der Waals surface area (Å²) < 4.78 is 37.8. The van der Waals surface area contributed by atoms with Crippen LogP contribution in [0.1, 0.15) is 12.8 Å². The zero-order valence-electron chi connectivity index (χ0n) is 19.3. The van der Waals surface area contributed by atoms with E-state index < -0.39 is 15.6 Å². The Kier molecular flexibility index (Phi) is 6.61. The summed E-state index contributed by atoms with van der Waals surface area (Å²) in [5.74, 6) is 0.0181. The number of fused-ring (bicyclic) bond motifs is 1. The van der Waals surface area contributed by atoms with E-state index in [1.54, 1.807) is 35.7 Å². The van der Waals surface area contributed by atoms with Crippen molar-refractivity contribution in [2.75, 3.05) is 25.5 Å². The Morgan fingerprint density at radius 3 is 2.58 bits per heavy atom. The first kappa shape index (κ1) is 24.2. The predicted octanol–water partition coefficient (Wildman–Crippen LogP) is 3.96. The largest absolute Gasteiger partial charge is 0.497 e. The molecule has 1 fully saturated rings. The molecule has 0 aliphatic carbocycles. The molecule has 2 aromatic heterocycles. The molecule has 186 valence electrons. The number of nitrogens with zero attached hydrogens (tertiary/aromatic N) is 2. The van der Waals surface area contributed by atoms with Gasteiger partial charge in [0.1, 0.15) is 11.3 Å². The molecule has 1 N–H and O–H groups in total. The van der Waals surface area contributed by atoms with Crippen molar-refractivity contribution in [2.24, 2.45) is 5.92 Å². The first-order chi connectivity index (χ1) is 17.3. The van der Waals surface area contributed by atoms with Crippen LogP contribution < -0.4 is 15.7 Å². The number of carbonyl (C=O) groups excluding carboxylic acids is 1. The molecule has 0 bridgehead atoms. The molecular weight excluding hydrogens is 502 g/mol. The number of hydrogen-bond acceptors (Lipinski definition) is 8. The molecule has 1 aliphatic heterocycles. The summed E-state index contributed by atoms with van der Waals surface area (Å²) in [6, 6.07) is 15.2. The van der Waals surface area contributed by atoms with Crippen LogP contribution in [-0.4, -0.2) is 43.8 Å². The molecule has 3 heterocycles. The monoisotopic (exact) mass is 525 g/mol. The second-order valence-corrected chi connectivity index (χ2v) is 11.2. The van der Waals surface area contributed by atoms with Crippen LogP contribution in [0.3, 0.4) is 0 Å². The molecule has 0 saturated carbocycles. The van der Waals surface area contributed by atoms with Gasteiger partial charge in [0.2, 0.25) is 15.9 Å². The van der Waals surface area contributed by atoms with Crippen molar-refractivity contribution in [3.8, 4) is 17.0 Å². The Labute approximate surface area is 211 Å². The number of thiazole rings is 1. The first-order valence-corrected chi connectivity index (χ1v) is 13.6. The second kappa shape index (κ2) is 9.84. The lowest BCUT2D eigenvalue weighted by molar-refractivity contribution is -0.120. The number of nitrogens with one attached hydrogen (secondary N) is 1. The molecule has 5 rings (SSSR count). The molecule has 11 heteroatoms. The van der Waals surface area contributed by atoms with Gasteiger partial charge in [0.25, 0.3) is 0 Å². The molecule has 1 amide bonds. The maximum Gasteiger partial charge on any atom is 0.345 e. The fourth-order valence-corrected chi connectivity index (χ4v) is 6.34. The highest BCUT2D eigenvalue weighted by Gasteiger charge is 2.32. The van der Waals surface area contributed by atoms with Crippen LogP contribution in [0.4, 0.5) is 5.13 Å². The van der Waals surface area contributed by atoms with Crippen LogP contribution in [-0.2, 0) is 14.8 Å². The third kappa shape index (κ3) is 4.77. The van der Waals surface area contributed by atoms with E-state index in [4.69, 9.17) is 9.15 Å². The first-order valence-electron chi connectivity index (χ1n) is 11.3. The lowest BCUT2D eigenvalue weighted by Crippen LogP contribution is -2.41. The molecule has 0 radical (unpaired) electrons. The van der Waals surface area contributed by atoms with Crippen LogP contribution in [0.15, 0.2) is 74.1 Å². The number of carbonyl (C=O) groups is 1. The average molecular weight is 526 g/mol. The smallest absolute Gasteiger partial charge is 0.345 e. The quantitative estimate of drug-likeness (QED) is 0.379. The van der Waals surface area contributed by atoms with Crippen molar-refractivity contribution in [1.29, 1.82) is 0 Å². The van der Waals surface area contributed by atoms with E-state index in [0.29, 0.717) is 40.6 Å². The predicted molar refractivity (Wildman–Crippen MR) is 137 cm³/mol. The summed E-state index contributed by atoms with van der Waals surface area (Å²) in [7, 11) is -2.12. The fraction of sp³-hybridized carbons (Fsp3) is 0.240. The molecule has 0 spiro atoms. The summed E-state index contributed by atoms with van der Waals surface area (Å²) in [5.41, 5.74) is 0.746. The second-order valence-electron chi connectivity index (χ2n) is 8.37. The standard InChI is InChI=1S/C25H23N3O6S2/c1-33-18-6-8-19(9-7-18)36(31,32)28-12-10-16(11-13-28)23(29)27-25-26-21(15-35-25)20-14-17-4-2-3-5-22(17)34-24(20)30/h2-9,14-16H,10-13H2,1H3,(H,26,27,29). The number of sulfonamides is 1. The molecular formula is C25H23N3O6S2. The van der Waals surface area contributed by atoms with Crippen molar-refractivity contribution < 1.29 is 22.4 Å². The number of methoxy groups -OCH3 is 1. The van der Waals surface area contributed by atoms with Gasteiger partial charge in [-0.1, -0.05) is 18.2 Å². The Balaban J connectivity index is 1.23. The molecule has 1 aliphatic rings. The zero-order valence-corrected chi connectivity index (χ0v) is 21.0. The summed E-state index contributed by atoms with van der Waals surface area (Å²) >= 11 is 1.22. The van der Waals surface area contributed by atoms with E-state index in [1.165, 1.54) is 34.9 Å². The van der Waals surface area contributed by atoms with Crippen LogP contribution in [0, 0.1) is 5.92 Å². The number of hydrogen-bond donors (Lipinski definition) is 1. The van der Waals surface area contributed by atoms with E-state index >= 15 is 0 Å². The van der Waals surface area contributed by atoms with Crippen LogP contribution in [0.2, 0.25) is 0 Å². The maximum atomic E-state index is 12.9. The highest BCUT2D eigenvalue weighted by molar-refractivity contribution is 7.89. The van der Waals surface area contributed by atoms with Gasteiger partial charge in [0, 0.05) is 29.8 Å². The van der Waals surface area contributed by atoms with Crippen LogP contribution in [0.5, 0.6) is 5.75 Å². The minimum atomic E-state index is -3.64. The Morgan fingerprint density at radius 1 is 1.14 bits per heavy atom. The lowest BCUT2D eigenvalue weighted by atomic mass is 9.97. The highest BCUT2D eigenvalue weighted by atomic mass is 32.2. The summed E-state index contributed by atoms with van der Waals surface area (Å²) in [6.45, 7) is 0.488. The molecule has 36 heavy (non-hydrogen) atoms. The molecule has 0 atom stereocenters. The van der Waals surface area contributed by atoms with E-state index in [2.05, 4.69) is 10.3 Å². The van der Waals surface area contributed by atoms with Gasteiger partial charge < -0.3 is 14.5 Å². The number of piperidine rings is 1. The number of ether oxygens (including phenoxy) is 1. The summed E-state index contributed by atoms with van der Waals surface area (Å²) in [6.07, 6.45) is 0.793. The van der Waals surface area contributed by atoms with Gasteiger partial charge in [-0.05, 0) is 49.2 Å². The van der Waals surface area contributed by atoms with E-state index in [-0.39, 0.29) is 29.8 Å². The van der Waals surface area contributed by atoms with Gasteiger partial charge in [-0.15, -0.1) is 11.3 Å². The van der Waals surface area contributed by atoms with E-state index in [1.807, 2.05) is 12.1 Å². The van der Waals surface area contributed by atoms with Gasteiger partial charge in [0.15, 0.2) is 5.13 Å². The summed E-state index contributed by atoms with van der Waals surface area (Å²) in [4.78, 5) is 29.8. The molecule has 2 aromatic carbocycles. The Morgan fingerprint density at radius 2 is 1.86 bits per heavy atom. The lowest BCUT2D eigenvalue weighted by Gasteiger charge is -2.30. The van der Waals surface area contributed by atoms with Gasteiger partial charge in [-0.25, -0.2) is 18.2 Å². The zero-order chi connectivity index (χ0) is 25.3. The number of para-hydroxylation sites is 1. The minimum Gasteiger partial charge on any atom is -0.497 e. The highest BCUT2D eigenvalue weighted by Crippen LogP contribution is 2.28. The molecule has 0 unspecified atom stereocenters. The fourth-order valence-electron chi connectivity index (χ4n) is 4.16. The van der Waals surface area contributed by atoms with Crippen molar-refractivity contribution in [2.45, 2.75) is 17.7 Å². The van der Waals surface area contributed by atoms with Crippen molar-refractivity contribution in [1.82, 2.24) is 9.29 Å². The maximum absolute atomic E-state index is 12.9. The van der Waals surface area contributed by atoms with E-state index in [0.717, 1.165) is 5.39 Å². The van der Waals surface area contributed by atoms with Crippen LogP contribution in [0.25, 0.3) is 22.2 Å².